The van der Waals surface area contributed by atoms with E-state index in [2.05, 4.69) is 6.07 Å². The predicted octanol–water partition coefficient (Wildman–Crippen LogP) is 1.65. The van der Waals surface area contributed by atoms with Gasteiger partial charge in [-0.05, 0) is 30.7 Å². The fourth-order valence-electron chi connectivity index (χ4n) is 1.13. The van der Waals surface area contributed by atoms with Crippen molar-refractivity contribution in [3.05, 3.63) is 29.8 Å². The van der Waals surface area contributed by atoms with E-state index in [1.165, 1.54) is 0 Å². The molecule has 1 rings (SSSR count). The van der Waals surface area contributed by atoms with Gasteiger partial charge in [-0.2, -0.15) is 0 Å². The maximum atomic E-state index is 11.2. The van der Waals surface area contributed by atoms with Crippen molar-refractivity contribution in [2.75, 3.05) is 20.7 Å². The lowest BCUT2D eigenvalue weighted by Crippen LogP contribution is -2.23. The smallest absolute Gasteiger partial charge is 0.225 e. The number of carbonyl (C=O) groups excluding carboxylic acids is 1. The highest BCUT2D eigenvalue weighted by Crippen LogP contribution is 2.11. The Morgan fingerprint density at radius 3 is 2.87 bits per heavy atom. The summed E-state index contributed by atoms with van der Waals surface area (Å²) in [4.78, 5) is 12.8. The summed E-state index contributed by atoms with van der Waals surface area (Å²) in [5.41, 5.74) is 1.03. The zero-order valence-electron chi connectivity index (χ0n) is 9.41. The highest BCUT2D eigenvalue weighted by molar-refractivity contribution is 5.75. The van der Waals surface area contributed by atoms with Gasteiger partial charge in [0.1, 0.15) is 5.75 Å². The van der Waals surface area contributed by atoms with Crippen LogP contribution in [0.25, 0.3) is 0 Å². The first-order valence-electron chi connectivity index (χ1n) is 4.91. The normalized spacial score (nSPS) is 9.80. The molecule has 3 nitrogen and oxygen atoms in total. The van der Waals surface area contributed by atoms with E-state index in [0.29, 0.717) is 13.0 Å². The molecule has 0 atom stereocenters. The summed E-state index contributed by atoms with van der Waals surface area (Å²) in [6.07, 6.45) is 0.407. The molecule has 0 N–H and O–H groups in total. The molecule has 1 aromatic carbocycles. The van der Waals surface area contributed by atoms with Gasteiger partial charge in [-0.15, -0.1) is 0 Å². The SMILES string of the molecule is Cc1[c]ccc(OCCC(=O)N(C)C)c1. The van der Waals surface area contributed by atoms with Crippen LogP contribution in [0.1, 0.15) is 12.0 Å². The summed E-state index contributed by atoms with van der Waals surface area (Å²) in [5, 5.41) is 0. The average molecular weight is 206 g/mol. The second-order valence-corrected chi connectivity index (χ2v) is 3.59. The van der Waals surface area contributed by atoms with Gasteiger partial charge in [0, 0.05) is 14.1 Å². The van der Waals surface area contributed by atoms with Gasteiger partial charge in [-0.3, -0.25) is 4.79 Å². The Morgan fingerprint density at radius 1 is 1.53 bits per heavy atom. The number of hydrogen-bond acceptors (Lipinski definition) is 2. The van der Waals surface area contributed by atoms with Crippen LogP contribution in [-0.4, -0.2) is 31.5 Å². The molecule has 0 heterocycles. The maximum absolute atomic E-state index is 11.2. The van der Waals surface area contributed by atoms with Gasteiger partial charge in [-0.25, -0.2) is 0 Å². The zero-order chi connectivity index (χ0) is 11.3. The molecule has 0 aliphatic carbocycles. The first-order valence-corrected chi connectivity index (χ1v) is 4.91. The number of nitrogens with zero attached hydrogens (tertiary/aromatic N) is 1. The van der Waals surface area contributed by atoms with Gasteiger partial charge >= 0.3 is 0 Å². The van der Waals surface area contributed by atoms with Crippen molar-refractivity contribution in [2.24, 2.45) is 0 Å². The van der Waals surface area contributed by atoms with Crippen LogP contribution in [0.3, 0.4) is 0 Å². The third-order valence-corrected chi connectivity index (χ3v) is 2.00. The minimum Gasteiger partial charge on any atom is -0.493 e. The topological polar surface area (TPSA) is 29.5 Å². The number of hydrogen-bond donors (Lipinski definition) is 0. The lowest BCUT2D eigenvalue weighted by molar-refractivity contribution is -0.129. The summed E-state index contributed by atoms with van der Waals surface area (Å²) in [6.45, 7) is 2.37. The van der Waals surface area contributed by atoms with Crippen LogP contribution in [0.4, 0.5) is 0 Å². The summed E-state index contributed by atoms with van der Waals surface area (Å²) in [6, 6.07) is 8.60. The molecule has 0 spiro atoms. The quantitative estimate of drug-likeness (QED) is 0.749. The Balaban J connectivity index is 2.35. The van der Waals surface area contributed by atoms with Crippen molar-refractivity contribution in [2.45, 2.75) is 13.3 Å². The Kier molecular flexibility index (Phi) is 4.16. The van der Waals surface area contributed by atoms with Crippen LogP contribution >= 0.6 is 0 Å². The Labute approximate surface area is 90.7 Å². The van der Waals surface area contributed by atoms with Gasteiger partial charge < -0.3 is 9.64 Å². The molecule has 0 bridgehead atoms. The molecule has 3 heteroatoms. The van der Waals surface area contributed by atoms with Gasteiger partial charge in [0.05, 0.1) is 13.0 Å². The van der Waals surface area contributed by atoms with E-state index in [0.717, 1.165) is 11.3 Å². The number of carbonyl (C=O) groups is 1. The van der Waals surface area contributed by atoms with Gasteiger partial charge in [0.15, 0.2) is 0 Å². The van der Waals surface area contributed by atoms with E-state index < -0.39 is 0 Å². The van der Waals surface area contributed by atoms with E-state index >= 15 is 0 Å². The first-order chi connectivity index (χ1) is 7.09. The maximum Gasteiger partial charge on any atom is 0.225 e. The summed E-state index contributed by atoms with van der Waals surface area (Å²) < 4.78 is 5.44. The van der Waals surface area contributed by atoms with Crippen molar-refractivity contribution in [3.8, 4) is 5.75 Å². The van der Waals surface area contributed by atoms with Gasteiger partial charge in [0.25, 0.3) is 0 Å². The van der Waals surface area contributed by atoms with Crippen LogP contribution in [0.15, 0.2) is 18.2 Å². The fraction of sp³-hybridized carbons (Fsp3) is 0.417. The minimum atomic E-state index is 0.0780. The molecular weight excluding hydrogens is 190 g/mol. The molecule has 0 aliphatic rings. The van der Waals surface area contributed by atoms with E-state index in [9.17, 15) is 4.79 Å². The number of amides is 1. The Bertz CT molecular complexity index is 334. The van der Waals surface area contributed by atoms with Crippen molar-refractivity contribution in [3.63, 3.8) is 0 Å². The van der Waals surface area contributed by atoms with Crippen LogP contribution in [0.2, 0.25) is 0 Å². The van der Waals surface area contributed by atoms with Crippen molar-refractivity contribution >= 4 is 5.91 Å². The molecule has 1 aromatic rings. The highest BCUT2D eigenvalue weighted by Gasteiger charge is 2.03. The van der Waals surface area contributed by atoms with Crippen LogP contribution in [-0.2, 0) is 4.79 Å². The second kappa shape index (κ2) is 5.39. The summed E-state index contributed by atoms with van der Waals surface area (Å²) in [5.74, 6) is 0.868. The van der Waals surface area contributed by atoms with Crippen LogP contribution < -0.4 is 4.74 Å². The van der Waals surface area contributed by atoms with Crippen LogP contribution in [0, 0.1) is 13.0 Å². The Morgan fingerprint density at radius 2 is 2.27 bits per heavy atom. The molecular formula is C12H16NO2. The molecule has 0 aromatic heterocycles. The minimum absolute atomic E-state index is 0.0780. The lowest BCUT2D eigenvalue weighted by atomic mass is 10.2. The van der Waals surface area contributed by atoms with E-state index in [1.54, 1.807) is 19.0 Å². The molecule has 0 saturated carbocycles. The molecule has 1 amide bonds. The number of benzene rings is 1. The summed E-state index contributed by atoms with van der Waals surface area (Å²) >= 11 is 0. The molecule has 1 radical (unpaired) electrons. The Hall–Kier alpha value is -1.51. The van der Waals surface area contributed by atoms with Crippen molar-refractivity contribution < 1.29 is 9.53 Å². The highest BCUT2D eigenvalue weighted by atomic mass is 16.5. The molecule has 0 fully saturated rings. The summed E-state index contributed by atoms with van der Waals surface area (Å²) in [7, 11) is 3.48. The fourth-order valence-corrected chi connectivity index (χ4v) is 1.13. The number of rotatable bonds is 4. The zero-order valence-corrected chi connectivity index (χ0v) is 9.41. The van der Waals surface area contributed by atoms with E-state index in [-0.39, 0.29) is 5.91 Å². The van der Waals surface area contributed by atoms with Gasteiger partial charge in [-0.1, -0.05) is 6.07 Å². The third kappa shape index (κ3) is 4.02. The van der Waals surface area contributed by atoms with E-state index in [1.807, 2.05) is 25.1 Å². The average Bonchev–Trinajstić information content (AvgIpc) is 2.17. The molecule has 0 saturated heterocycles. The number of aryl methyl sites for hydroxylation is 1. The number of ether oxygens (including phenoxy) is 1. The van der Waals surface area contributed by atoms with Gasteiger partial charge in [0.2, 0.25) is 5.91 Å². The molecule has 15 heavy (non-hydrogen) atoms. The van der Waals surface area contributed by atoms with Crippen molar-refractivity contribution in [1.29, 1.82) is 0 Å². The van der Waals surface area contributed by atoms with Crippen LogP contribution in [0.5, 0.6) is 5.75 Å². The molecule has 0 aliphatic heterocycles. The predicted molar refractivity (Wildman–Crippen MR) is 58.8 cm³/mol. The molecule has 0 unspecified atom stereocenters. The first kappa shape index (κ1) is 11.6. The monoisotopic (exact) mass is 206 g/mol. The second-order valence-electron chi connectivity index (χ2n) is 3.59. The third-order valence-electron chi connectivity index (χ3n) is 2.00. The van der Waals surface area contributed by atoms with E-state index in [4.69, 9.17) is 4.74 Å². The standard InChI is InChI=1S/C12H16NO2/c1-10-5-4-6-11(9-10)15-8-7-12(14)13(2)3/h4,6,9H,7-8H2,1-3H3. The molecule has 81 valence electrons. The van der Waals surface area contributed by atoms with Crippen molar-refractivity contribution in [1.82, 2.24) is 4.90 Å². The largest absolute Gasteiger partial charge is 0.493 e. The lowest BCUT2D eigenvalue weighted by Gasteiger charge is -2.10.